The highest BCUT2D eigenvalue weighted by atomic mass is 16.7. The van der Waals surface area contributed by atoms with Crippen LogP contribution in [0, 0.1) is 0 Å². The first kappa shape index (κ1) is 13.8. The number of carbonyl (C=O) groups excluding carboxylic acids is 1. The van der Waals surface area contributed by atoms with Gasteiger partial charge in [-0.1, -0.05) is 23.4 Å². The zero-order valence-corrected chi connectivity index (χ0v) is 13.0. The molecule has 0 amide bonds. The molecule has 116 valence electrons. The van der Waals surface area contributed by atoms with Crippen molar-refractivity contribution in [3.63, 3.8) is 0 Å². The Morgan fingerprint density at radius 3 is 2.87 bits per heavy atom. The number of para-hydroxylation sites is 1. The summed E-state index contributed by atoms with van der Waals surface area (Å²) >= 11 is 0. The summed E-state index contributed by atoms with van der Waals surface area (Å²) in [4.78, 5) is 15.9. The lowest BCUT2D eigenvalue weighted by Crippen LogP contribution is -2.17. The van der Waals surface area contributed by atoms with Crippen LogP contribution in [-0.2, 0) is 16.7 Å². The van der Waals surface area contributed by atoms with Gasteiger partial charge in [0.1, 0.15) is 5.75 Å². The lowest BCUT2D eigenvalue weighted by atomic mass is 10.0. The Morgan fingerprint density at radius 2 is 2.04 bits per heavy atom. The minimum absolute atomic E-state index is 0.420. The largest absolute Gasteiger partial charge is 0.492 e. The molecule has 0 saturated heterocycles. The molecule has 4 rings (SSSR count). The number of oxime groups is 1. The lowest BCUT2D eigenvalue weighted by molar-refractivity contribution is -0.140. The standard InChI is InChI=1S/C18H16N2O3/c1-11(21)23-19-14-9-10-22-18-12(14)7-8-16-17(18)13-5-3-4-6-15(13)20(16)2/h3-8H,9-10H2,1-2H3/b19-14+. The number of hydrogen-bond acceptors (Lipinski definition) is 4. The highest BCUT2D eigenvalue weighted by Crippen LogP contribution is 2.39. The van der Waals surface area contributed by atoms with E-state index in [1.165, 1.54) is 6.92 Å². The number of ether oxygens (including phenoxy) is 1. The number of aromatic nitrogens is 1. The Labute approximate surface area is 133 Å². The second-order valence-electron chi connectivity index (χ2n) is 5.63. The van der Waals surface area contributed by atoms with Gasteiger partial charge in [-0.25, -0.2) is 4.79 Å². The summed E-state index contributed by atoms with van der Waals surface area (Å²) in [5, 5.41) is 6.23. The molecule has 0 N–H and O–H groups in total. The van der Waals surface area contributed by atoms with E-state index in [1.54, 1.807) is 0 Å². The van der Waals surface area contributed by atoms with Crippen molar-refractivity contribution in [1.82, 2.24) is 4.57 Å². The third-order valence-corrected chi connectivity index (χ3v) is 4.21. The van der Waals surface area contributed by atoms with E-state index in [0.29, 0.717) is 13.0 Å². The fourth-order valence-corrected chi connectivity index (χ4v) is 3.20. The zero-order chi connectivity index (χ0) is 16.0. The molecular weight excluding hydrogens is 292 g/mol. The van der Waals surface area contributed by atoms with E-state index in [4.69, 9.17) is 9.57 Å². The van der Waals surface area contributed by atoms with E-state index in [2.05, 4.69) is 27.9 Å². The van der Waals surface area contributed by atoms with Crippen molar-refractivity contribution in [3.05, 3.63) is 42.0 Å². The van der Waals surface area contributed by atoms with Crippen molar-refractivity contribution in [1.29, 1.82) is 0 Å². The molecule has 0 bridgehead atoms. The lowest BCUT2D eigenvalue weighted by Gasteiger charge is -2.19. The third kappa shape index (κ3) is 2.08. The minimum Gasteiger partial charge on any atom is -0.492 e. The zero-order valence-electron chi connectivity index (χ0n) is 13.0. The fraction of sp³-hybridized carbons (Fsp3) is 0.222. The minimum atomic E-state index is -0.420. The third-order valence-electron chi connectivity index (χ3n) is 4.21. The van der Waals surface area contributed by atoms with Crippen LogP contribution in [0.2, 0.25) is 0 Å². The Morgan fingerprint density at radius 1 is 1.22 bits per heavy atom. The van der Waals surface area contributed by atoms with Gasteiger partial charge >= 0.3 is 5.97 Å². The maximum atomic E-state index is 11.0. The van der Waals surface area contributed by atoms with Crippen molar-refractivity contribution >= 4 is 33.5 Å². The molecule has 5 heteroatoms. The van der Waals surface area contributed by atoms with Crippen LogP contribution in [0.25, 0.3) is 21.8 Å². The molecule has 3 aromatic rings. The van der Waals surface area contributed by atoms with Gasteiger partial charge in [-0.2, -0.15) is 0 Å². The van der Waals surface area contributed by atoms with Gasteiger partial charge in [0.05, 0.1) is 23.2 Å². The number of carbonyl (C=O) groups is 1. The van der Waals surface area contributed by atoms with Gasteiger partial charge in [-0.05, 0) is 18.2 Å². The van der Waals surface area contributed by atoms with Gasteiger partial charge in [0.15, 0.2) is 0 Å². The van der Waals surface area contributed by atoms with Crippen LogP contribution in [0.5, 0.6) is 5.75 Å². The average molecular weight is 308 g/mol. The van der Waals surface area contributed by atoms with E-state index in [1.807, 2.05) is 25.2 Å². The molecule has 23 heavy (non-hydrogen) atoms. The van der Waals surface area contributed by atoms with Gasteiger partial charge < -0.3 is 14.1 Å². The molecule has 0 atom stereocenters. The number of hydrogen-bond donors (Lipinski definition) is 0. The van der Waals surface area contributed by atoms with Crippen LogP contribution in [0.4, 0.5) is 0 Å². The highest BCUT2D eigenvalue weighted by Gasteiger charge is 2.23. The second kappa shape index (κ2) is 5.12. The van der Waals surface area contributed by atoms with E-state index in [0.717, 1.165) is 38.8 Å². The SMILES string of the molecule is CC(=O)O/N=C1\CCOc2c1ccc1c2c2ccccc2n1C. The summed E-state index contributed by atoms with van der Waals surface area (Å²) < 4.78 is 8.12. The van der Waals surface area contributed by atoms with Crippen molar-refractivity contribution in [2.24, 2.45) is 12.2 Å². The Balaban J connectivity index is 2.01. The summed E-state index contributed by atoms with van der Waals surface area (Å²) in [5.41, 5.74) is 3.90. The molecule has 0 aliphatic carbocycles. The number of nitrogens with zero attached hydrogens (tertiary/aromatic N) is 2. The summed E-state index contributed by atoms with van der Waals surface area (Å²) in [6.07, 6.45) is 0.622. The van der Waals surface area contributed by atoms with Crippen LogP contribution in [0.15, 0.2) is 41.6 Å². The molecule has 0 radical (unpaired) electrons. The van der Waals surface area contributed by atoms with Gasteiger partial charge in [-0.15, -0.1) is 0 Å². The first-order valence-electron chi connectivity index (χ1n) is 7.54. The van der Waals surface area contributed by atoms with Crippen LogP contribution in [0.3, 0.4) is 0 Å². The predicted molar refractivity (Wildman–Crippen MR) is 88.8 cm³/mol. The summed E-state index contributed by atoms with van der Waals surface area (Å²) in [7, 11) is 2.05. The van der Waals surface area contributed by atoms with Gasteiger partial charge in [0.2, 0.25) is 0 Å². The normalized spacial score (nSPS) is 15.7. The molecule has 2 aromatic carbocycles. The van der Waals surface area contributed by atoms with E-state index in [-0.39, 0.29) is 0 Å². The monoisotopic (exact) mass is 308 g/mol. The molecule has 1 aromatic heterocycles. The van der Waals surface area contributed by atoms with Crippen LogP contribution < -0.4 is 4.74 Å². The van der Waals surface area contributed by atoms with Crippen LogP contribution >= 0.6 is 0 Å². The maximum absolute atomic E-state index is 11.0. The molecule has 1 aliphatic rings. The van der Waals surface area contributed by atoms with Crippen molar-refractivity contribution in [2.75, 3.05) is 6.61 Å². The topological polar surface area (TPSA) is 52.8 Å². The molecule has 0 saturated carbocycles. The number of benzene rings is 2. The van der Waals surface area contributed by atoms with E-state index >= 15 is 0 Å². The second-order valence-corrected chi connectivity index (χ2v) is 5.63. The molecule has 0 fully saturated rings. The average Bonchev–Trinajstić information content (AvgIpc) is 2.86. The molecule has 0 unspecified atom stereocenters. The van der Waals surface area contributed by atoms with Crippen molar-refractivity contribution < 1.29 is 14.4 Å². The predicted octanol–water partition coefficient (Wildman–Crippen LogP) is 3.38. The van der Waals surface area contributed by atoms with Gasteiger partial charge in [0, 0.05) is 36.9 Å². The van der Waals surface area contributed by atoms with Gasteiger partial charge in [0.25, 0.3) is 0 Å². The first-order chi connectivity index (χ1) is 11.2. The Bertz CT molecular complexity index is 969. The smallest absolute Gasteiger partial charge is 0.331 e. The van der Waals surface area contributed by atoms with Crippen molar-refractivity contribution in [2.45, 2.75) is 13.3 Å². The highest BCUT2D eigenvalue weighted by molar-refractivity contribution is 6.16. The molecule has 5 nitrogen and oxygen atoms in total. The molecule has 2 heterocycles. The van der Waals surface area contributed by atoms with Gasteiger partial charge in [-0.3, -0.25) is 0 Å². The summed E-state index contributed by atoms with van der Waals surface area (Å²) in [6, 6.07) is 12.3. The number of aryl methyl sites for hydroxylation is 1. The molecular formula is C18H16N2O3. The van der Waals surface area contributed by atoms with E-state index in [9.17, 15) is 4.79 Å². The van der Waals surface area contributed by atoms with Crippen LogP contribution in [-0.4, -0.2) is 22.9 Å². The Kier molecular flexibility index (Phi) is 3.08. The molecule has 0 spiro atoms. The quantitative estimate of drug-likeness (QED) is 0.511. The first-order valence-corrected chi connectivity index (χ1v) is 7.54. The molecule has 1 aliphatic heterocycles. The summed E-state index contributed by atoms with van der Waals surface area (Å²) in [5.74, 6) is 0.397. The van der Waals surface area contributed by atoms with Crippen LogP contribution in [0.1, 0.15) is 18.9 Å². The maximum Gasteiger partial charge on any atom is 0.331 e. The summed E-state index contributed by atoms with van der Waals surface area (Å²) in [6.45, 7) is 1.87. The Hall–Kier alpha value is -2.82. The fourth-order valence-electron chi connectivity index (χ4n) is 3.20. The number of rotatable bonds is 1. The van der Waals surface area contributed by atoms with Crippen molar-refractivity contribution in [3.8, 4) is 5.75 Å². The number of fused-ring (bicyclic) bond motifs is 5. The van der Waals surface area contributed by atoms with E-state index < -0.39 is 5.97 Å².